The van der Waals surface area contributed by atoms with Crippen LogP contribution in [0.25, 0.3) is 0 Å². The third kappa shape index (κ3) is 1.66. The first-order valence-corrected chi connectivity index (χ1v) is 7.73. The van der Waals surface area contributed by atoms with Gasteiger partial charge >= 0.3 is 0 Å². The molecule has 102 valence electrons. The van der Waals surface area contributed by atoms with Crippen LogP contribution in [0.1, 0.15) is 40.7 Å². The largest absolute Gasteiger partial charge is 0.304 e. The van der Waals surface area contributed by atoms with Crippen LogP contribution in [-0.2, 0) is 18.4 Å². The third-order valence-electron chi connectivity index (χ3n) is 5.02. The summed E-state index contributed by atoms with van der Waals surface area (Å²) < 4.78 is 0. The molecule has 1 spiro atoms. The zero-order valence-corrected chi connectivity index (χ0v) is 12.1. The second-order valence-corrected chi connectivity index (χ2v) is 6.25. The van der Waals surface area contributed by atoms with Crippen molar-refractivity contribution in [2.75, 3.05) is 6.54 Å². The summed E-state index contributed by atoms with van der Waals surface area (Å²) in [7, 11) is 0. The highest BCUT2D eigenvalue weighted by atomic mass is 15.0. The Bertz CT molecular complexity index is 651. The topological polar surface area (TPSA) is 12.0 Å². The Labute approximate surface area is 121 Å². The van der Waals surface area contributed by atoms with E-state index in [9.17, 15) is 0 Å². The summed E-state index contributed by atoms with van der Waals surface area (Å²) >= 11 is 0. The zero-order valence-electron chi connectivity index (χ0n) is 12.1. The summed E-state index contributed by atoms with van der Waals surface area (Å²) in [6.07, 6.45) is 4.81. The molecule has 1 saturated heterocycles. The smallest absolute Gasteiger partial charge is 0.0696 e. The van der Waals surface area contributed by atoms with Gasteiger partial charge in [0.05, 0.1) is 5.54 Å². The van der Waals surface area contributed by atoms with Crippen molar-refractivity contribution in [3.05, 3.63) is 70.3 Å². The average Bonchev–Trinajstić information content (AvgIpc) is 2.92. The van der Waals surface area contributed by atoms with E-state index in [2.05, 4.69) is 54.7 Å². The number of aryl methyl sites for hydroxylation is 3. The van der Waals surface area contributed by atoms with Crippen molar-refractivity contribution in [1.82, 2.24) is 5.32 Å². The van der Waals surface area contributed by atoms with Gasteiger partial charge in [0.1, 0.15) is 0 Å². The van der Waals surface area contributed by atoms with Crippen LogP contribution in [0.15, 0.2) is 42.5 Å². The lowest BCUT2D eigenvalue weighted by molar-refractivity contribution is 0.473. The molecule has 1 nitrogen and oxygen atoms in total. The molecule has 1 heterocycles. The lowest BCUT2D eigenvalue weighted by Gasteiger charge is -2.33. The molecule has 0 saturated carbocycles. The predicted molar refractivity (Wildman–Crippen MR) is 83.0 cm³/mol. The standard InChI is InChI=1S/C19H21N/c1-14-7-8-16-10-9-15-5-2-3-6-17(15)19(18(16)13-14)11-4-12-20-19/h2-3,5-8,13,20H,4,9-12H2,1H3. The van der Waals surface area contributed by atoms with Gasteiger partial charge in [0.25, 0.3) is 0 Å². The highest BCUT2D eigenvalue weighted by Gasteiger charge is 2.41. The average molecular weight is 263 g/mol. The van der Waals surface area contributed by atoms with Crippen molar-refractivity contribution in [2.24, 2.45) is 0 Å². The first kappa shape index (κ1) is 12.2. The number of hydrogen-bond acceptors (Lipinski definition) is 1. The molecule has 0 radical (unpaired) electrons. The summed E-state index contributed by atoms with van der Waals surface area (Å²) in [5, 5.41) is 3.85. The van der Waals surface area contributed by atoms with Gasteiger partial charge in [-0.25, -0.2) is 0 Å². The fourth-order valence-corrected chi connectivity index (χ4v) is 4.08. The van der Waals surface area contributed by atoms with E-state index in [-0.39, 0.29) is 5.54 Å². The van der Waals surface area contributed by atoms with Crippen LogP contribution in [-0.4, -0.2) is 6.54 Å². The maximum absolute atomic E-state index is 3.85. The molecule has 1 aliphatic carbocycles. The predicted octanol–water partition coefficient (Wildman–Crippen LogP) is 3.72. The van der Waals surface area contributed by atoms with Gasteiger partial charge in [0, 0.05) is 0 Å². The first-order chi connectivity index (χ1) is 9.79. The van der Waals surface area contributed by atoms with Gasteiger partial charge in [-0.05, 0) is 61.4 Å². The Morgan fingerprint density at radius 2 is 1.75 bits per heavy atom. The van der Waals surface area contributed by atoms with E-state index >= 15 is 0 Å². The van der Waals surface area contributed by atoms with Gasteiger partial charge in [0.15, 0.2) is 0 Å². The molecule has 1 fully saturated rings. The lowest BCUT2D eigenvalue weighted by atomic mass is 9.79. The van der Waals surface area contributed by atoms with Crippen LogP contribution in [0.3, 0.4) is 0 Å². The minimum absolute atomic E-state index is 0.0639. The van der Waals surface area contributed by atoms with E-state index in [4.69, 9.17) is 0 Å². The summed E-state index contributed by atoms with van der Waals surface area (Å²) in [5.41, 5.74) is 7.53. The van der Waals surface area contributed by atoms with Gasteiger partial charge in [-0.3, -0.25) is 0 Å². The Kier molecular flexibility index (Phi) is 2.71. The second kappa shape index (κ2) is 4.46. The summed E-state index contributed by atoms with van der Waals surface area (Å²) in [6.45, 7) is 3.33. The van der Waals surface area contributed by atoms with Crippen molar-refractivity contribution in [3.63, 3.8) is 0 Å². The fraction of sp³-hybridized carbons (Fsp3) is 0.368. The summed E-state index contributed by atoms with van der Waals surface area (Å²) in [6, 6.07) is 16.1. The van der Waals surface area contributed by atoms with Crippen LogP contribution in [0.4, 0.5) is 0 Å². The van der Waals surface area contributed by atoms with Crippen molar-refractivity contribution < 1.29 is 0 Å². The Morgan fingerprint density at radius 3 is 2.55 bits per heavy atom. The van der Waals surface area contributed by atoms with E-state index in [0.717, 1.165) is 19.4 Å². The Morgan fingerprint density at radius 1 is 0.950 bits per heavy atom. The molecule has 4 rings (SSSR count). The Balaban J connectivity index is 2.02. The minimum Gasteiger partial charge on any atom is -0.304 e. The maximum Gasteiger partial charge on any atom is 0.0696 e. The molecule has 2 aliphatic rings. The SMILES string of the molecule is Cc1ccc2c(c1)C1(CCCN1)c1ccccc1CC2. The highest BCUT2D eigenvalue weighted by molar-refractivity contribution is 5.50. The van der Waals surface area contributed by atoms with Crippen LogP contribution in [0, 0.1) is 6.92 Å². The van der Waals surface area contributed by atoms with Crippen LogP contribution < -0.4 is 5.32 Å². The van der Waals surface area contributed by atoms with Gasteiger partial charge in [-0.1, -0.05) is 48.0 Å². The van der Waals surface area contributed by atoms with Crippen molar-refractivity contribution in [3.8, 4) is 0 Å². The molecule has 0 aromatic heterocycles. The molecule has 2 aromatic rings. The van der Waals surface area contributed by atoms with Crippen molar-refractivity contribution in [1.29, 1.82) is 0 Å². The first-order valence-electron chi connectivity index (χ1n) is 7.73. The number of nitrogens with one attached hydrogen (secondary N) is 1. The lowest BCUT2D eigenvalue weighted by Crippen LogP contribution is -2.38. The maximum atomic E-state index is 3.85. The molecule has 1 aliphatic heterocycles. The van der Waals surface area contributed by atoms with Crippen molar-refractivity contribution >= 4 is 0 Å². The Hall–Kier alpha value is -1.60. The van der Waals surface area contributed by atoms with Crippen LogP contribution in [0.2, 0.25) is 0 Å². The van der Waals surface area contributed by atoms with Crippen LogP contribution in [0.5, 0.6) is 0 Å². The number of rotatable bonds is 0. The molecule has 1 heteroatoms. The van der Waals surface area contributed by atoms with Gasteiger partial charge < -0.3 is 5.32 Å². The molecule has 0 bridgehead atoms. The quantitative estimate of drug-likeness (QED) is 0.764. The zero-order chi connectivity index (χ0) is 13.6. The third-order valence-corrected chi connectivity index (χ3v) is 5.02. The van der Waals surface area contributed by atoms with E-state index in [1.165, 1.54) is 40.7 Å². The van der Waals surface area contributed by atoms with E-state index < -0.39 is 0 Å². The molecule has 1 N–H and O–H groups in total. The molecule has 2 aromatic carbocycles. The highest BCUT2D eigenvalue weighted by Crippen LogP contribution is 2.43. The summed E-state index contributed by atoms with van der Waals surface area (Å²) in [5.74, 6) is 0. The summed E-state index contributed by atoms with van der Waals surface area (Å²) in [4.78, 5) is 0. The van der Waals surface area contributed by atoms with E-state index in [0.29, 0.717) is 0 Å². The second-order valence-electron chi connectivity index (χ2n) is 6.25. The fourth-order valence-electron chi connectivity index (χ4n) is 4.08. The van der Waals surface area contributed by atoms with E-state index in [1.54, 1.807) is 0 Å². The number of hydrogen-bond donors (Lipinski definition) is 1. The number of fused-ring (bicyclic) bond motifs is 4. The molecule has 20 heavy (non-hydrogen) atoms. The van der Waals surface area contributed by atoms with Gasteiger partial charge in [-0.15, -0.1) is 0 Å². The molecule has 1 unspecified atom stereocenters. The molecular weight excluding hydrogens is 242 g/mol. The van der Waals surface area contributed by atoms with Gasteiger partial charge in [0.2, 0.25) is 0 Å². The monoisotopic (exact) mass is 263 g/mol. The molecule has 0 amide bonds. The van der Waals surface area contributed by atoms with Crippen LogP contribution >= 0.6 is 0 Å². The van der Waals surface area contributed by atoms with E-state index in [1.807, 2.05) is 0 Å². The van der Waals surface area contributed by atoms with Gasteiger partial charge in [-0.2, -0.15) is 0 Å². The normalized spacial score (nSPS) is 24.2. The van der Waals surface area contributed by atoms with Crippen molar-refractivity contribution in [2.45, 2.75) is 38.1 Å². The minimum atomic E-state index is 0.0639. The molecule has 1 atom stereocenters. The molecular formula is C19H21N. The number of benzene rings is 2.